The maximum atomic E-state index is 11.6. The maximum absolute atomic E-state index is 11.6. The van der Waals surface area contributed by atoms with Crippen molar-refractivity contribution in [1.29, 1.82) is 0 Å². The fourth-order valence-electron chi connectivity index (χ4n) is 1.48. The molecule has 2 aromatic rings. The third-order valence-electron chi connectivity index (χ3n) is 2.38. The lowest BCUT2D eigenvalue weighted by molar-refractivity contribution is 0.0503. The predicted octanol–water partition coefficient (Wildman–Crippen LogP) is 1.69. The molecule has 20 heavy (non-hydrogen) atoms. The molecule has 106 valence electrons. The number of halogens is 1. The first-order valence-electron chi connectivity index (χ1n) is 6.02. The topological polar surface area (TPSA) is 79.1 Å². The van der Waals surface area contributed by atoms with Crippen molar-refractivity contribution in [1.82, 2.24) is 20.2 Å². The number of esters is 1. The second-order valence-corrected chi connectivity index (χ2v) is 4.66. The zero-order valence-electron chi connectivity index (χ0n) is 10.8. The average molecular weight is 341 g/mol. The van der Waals surface area contributed by atoms with Gasteiger partial charge >= 0.3 is 5.97 Å². The van der Waals surface area contributed by atoms with E-state index in [0.29, 0.717) is 13.2 Å². The van der Waals surface area contributed by atoms with Gasteiger partial charge in [-0.3, -0.25) is 0 Å². The fraction of sp³-hybridized carbons (Fsp3) is 0.333. The standard InChI is InChI=1S/C12H13BrN4O3/c1-2-19-12(18)11-14-15-16-17(11)7-8-20-10-5-3-9(13)4-6-10/h3-6H,2,7-8H2,1H3. The third kappa shape index (κ3) is 3.77. The second kappa shape index (κ2) is 6.99. The van der Waals surface area contributed by atoms with Gasteiger partial charge in [-0.15, -0.1) is 5.10 Å². The third-order valence-corrected chi connectivity index (χ3v) is 2.90. The Morgan fingerprint density at radius 3 is 2.80 bits per heavy atom. The molecule has 8 heteroatoms. The van der Waals surface area contributed by atoms with E-state index in [1.54, 1.807) is 6.92 Å². The minimum absolute atomic E-state index is 0.0752. The average Bonchev–Trinajstić information content (AvgIpc) is 2.90. The van der Waals surface area contributed by atoms with Gasteiger partial charge < -0.3 is 9.47 Å². The summed E-state index contributed by atoms with van der Waals surface area (Å²) in [6, 6.07) is 7.46. The van der Waals surface area contributed by atoms with Crippen molar-refractivity contribution in [3.8, 4) is 5.75 Å². The van der Waals surface area contributed by atoms with Gasteiger partial charge in [0.25, 0.3) is 5.82 Å². The van der Waals surface area contributed by atoms with Crippen molar-refractivity contribution in [2.75, 3.05) is 13.2 Å². The molecule has 0 amide bonds. The highest BCUT2D eigenvalue weighted by molar-refractivity contribution is 9.10. The molecule has 1 heterocycles. The maximum Gasteiger partial charge on any atom is 0.378 e. The van der Waals surface area contributed by atoms with E-state index in [2.05, 4.69) is 31.5 Å². The highest BCUT2D eigenvalue weighted by atomic mass is 79.9. The van der Waals surface area contributed by atoms with Crippen molar-refractivity contribution in [2.24, 2.45) is 0 Å². The number of benzene rings is 1. The normalized spacial score (nSPS) is 10.3. The molecule has 0 aliphatic heterocycles. The zero-order valence-corrected chi connectivity index (χ0v) is 12.4. The van der Waals surface area contributed by atoms with Crippen LogP contribution < -0.4 is 4.74 Å². The number of tetrazole rings is 1. The van der Waals surface area contributed by atoms with Gasteiger partial charge in [0.1, 0.15) is 12.4 Å². The van der Waals surface area contributed by atoms with E-state index in [0.717, 1.165) is 10.2 Å². The Hall–Kier alpha value is -1.96. The second-order valence-electron chi connectivity index (χ2n) is 3.75. The molecule has 0 unspecified atom stereocenters. The molecule has 1 aromatic heterocycles. The lowest BCUT2D eigenvalue weighted by atomic mass is 10.3. The lowest BCUT2D eigenvalue weighted by Gasteiger charge is -2.07. The molecule has 0 saturated carbocycles. The molecule has 0 atom stereocenters. The molecule has 0 saturated heterocycles. The van der Waals surface area contributed by atoms with Crippen LogP contribution in [0.1, 0.15) is 17.5 Å². The van der Waals surface area contributed by atoms with Crippen LogP contribution in [0.4, 0.5) is 0 Å². The van der Waals surface area contributed by atoms with Crippen molar-refractivity contribution in [3.63, 3.8) is 0 Å². The molecule has 0 spiro atoms. The largest absolute Gasteiger partial charge is 0.492 e. The minimum Gasteiger partial charge on any atom is -0.492 e. The van der Waals surface area contributed by atoms with E-state index in [9.17, 15) is 4.79 Å². The number of carbonyl (C=O) groups is 1. The Kier molecular flexibility index (Phi) is 5.05. The van der Waals surface area contributed by atoms with Gasteiger partial charge in [-0.25, -0.2) is 9.48 Å². The van der Waals surface area contributed by atoms with Gasteiger partial charge in [0.2, 0.25) is 0 Å². The first-order valence-corrected chi connectivity index (χ1v) is 6.81. The van der Waals surface area contributed by atoms with Crippen molar-refractivity contribution in [3.05, 3.63) is 34.6 Å². The van der Waals surface area contributed by atoms with Crippen LogP contribution in [0.3, 0.4) is 0 Å². The molecule has 1 aromatic carbocycles. The molecular weight excluding hydrogens is 328 g/mol. The van der Waals surface area contributed by atoms with E-state index in [-0.39, 0.29) is 12.4 Å². The Bertz CT molecular complexity index is 570. The van der Waals surface area contributed by atoms with Crippen LogP contribution in [0.5, 0.6) is 5.75 Å². The summed E-state index contributed by atoms with van der Waals surface area (Å²) in [6.45, 7) is 2.71. The smallest absolute Gasteiger partial charge is 0.378 e. The van der Waals surface area contributed by atoms with Crippen LogP contribution in [0.25, 0.3) is 0 Å². The summed E-state index contributed by atoms with van der Waals surface area (Å²) in [6.07, 6.45) is 0. The number of nitrogens with zero attached hydrogens (tertiary/aromatic N) is 4. The summed E-state index contributed by atoms with van der Waals surface area (Å²) >= 11 is 3.35. The molecule has 7 nitrogen and oxygen atoms in total. The van der Waals surface area contributed by atoms with E-state index < -0.39 is 5.97 Å². The molecule has 0 aliphatic carbocycles. The predicted molar refractivity (Wildman–Crippen MR) is 73.4 cm³/mol. The van der Waals surface area contributed by atoms with Gasteiger partial charge in [-0.05, 0) is 41.6 Å². The van der Waals surface area contributed by atoms with E-state index >= 15 is 0 Å². The lowest BCUT2D eigenvalue weighted by Crippen LogP contribution is -2.17. The Balaban J connectivity index is 1.90. The summed E-state index contributed by atoms with van der Waals surface area (Å²) < 4.78 is 12.7. The molecule has 0 radical (unpaired) electrons. The molecule has 0 aliphatic rings. The van der Waals surface area contributed by atoms with E-state index in [4.69, 9.17) is 9.47 Å². The number of ether oxygens (including phenoxy) is 2. The number of hydrogen-bond acceptors (Lipinski definition) is 6. The molecule has 0 bridgehead atoms. The van der Waals surface area contributed by atoms with E-state index in [1.165, 1.54) is 4.68 Å². The van der Waals surface area contributed by atoms with Crippen molar-refractivity contribution >= 4 is 21.9 Å². The van der Waals surface area contributed by atoms with E-state index in [1.807, 2.05) is 24.3 Å². The van der Waals surface area contributed by atoms with Crippen LogP contribution in [-0.2, 0) is 11.3 Å². The quantitative estimate of drug-likeness (QED) is 0.744. The Morgan fingerprint density at radius 2 is 2.10 bits per heavy atom. The zero-order chi connectivity index (χ0) is 14.4. The van der Waals surface area contributed by atoms with Gasteiger partial charge in [-0.1, -0.05) is 15.9 Å². The molecule has 0 N–H and O–H groups in total. The van der Waals surface area contributed by atoms with Crippen LogP contribution in [0.15, 0.2) is 28.7 Å². The highest BCUT2D eigenvalue weighted by Gasteiger charge is 2.16. The summed E-state index contributed by atoms with van der Waals surface area (Å²) in [5.41, 5.74) is 0. The number of carbonyl (C=O) groups excluding carboxylic acids is 1. The Morgan fingerprint density at radius 1 is 1.35 bits per heavy atom. The molecular formula is C12H13BrN4O3. The van der Waals surface area contributed by atoms with Crippen LogP contribution >= 0.6 is 15.9 Å². The molecule has 0 fully saturated rings. The Labute approximate surface area is 124 Å². The molecule has 2 rings (SSSR count). The van der Waals surface area contributed by atoms with Crippen molar-refractivity contribution < 1.29 is 14.3 Å². The van der Waals surface area contributed by atoms with Crippen molar-refractivity contribution in [2.45, 2.75) is 13.5 Å². The number of aromatic nitrogens is 4. The van der Waals surface area contributed by atoms with Crippen LogP contribution in [0.2, 0.25) is 0 Å². The first-order chi connectivity index (χ1) is 9.70. The summed E-state index contributed by atoms with van der Waals surface area (Å²) in [5, 5.41) is 10.8. The fourth-order valence-corrected chi connectivity index (χ4v) is 1.74. The summed E-state index contributed by atoms with van der Waals surface area (Å²) in [5.74, 6) is 0.270. The monoisotopic (exact) mass is 340 g/mol. The minimum atomic E-state index is -0.541. The van der Waals surface area contributed by atoms with Crippen LogP contribution in [0, 0.1) is 0 Å². The van der Waals surface area contributed by atoms with Crippen LogP contribution in [-0.4, -0.2) is 39.4 Å². The summed E-state index contributed by atoms with van der Waals surface area (Å²) in [7, 11) is 0. The number of hydrogen-bond donors (Lipinski definition) is 0. The van der Waals surface area contributed by atoms with Gasteiger partial charge in [0.05, 0.1) is 13.2 Å². The highest BCUT2D eigenvalue weighted by Crippen LogP contribution is 2.15. The first kappa shape index (κ1) is 14.4. The summed E-state index contributed by atoms with van der Waals surface area (Å²) in [4.78, 5) is 11.6. The van der Waals surface area contributed by atoms with Gasteiger partial charge in [-0.2, -0.15) is 0 Å². The van der Waals surface area contributed by atoms with Gasteiger partial charge in [0.15, 0.2) is 0 Å². The number of rotatable bonds is 6. The van der Waals surface area contributed by atoms with Gasteiger partial charge in [0, 0.05) is 4.47 Å². The SMILES string of the molecule is CCOC(=O)c1nnnn1CCOc1ccc(Br)cc1.